The maximum absolute atomic E-state index is 11.0. The molecule has 1 atom stereocenters. The molecule has 0 aliphatic heterocycles. The SMILES string of the molecule is CC/C=C(C)\C(O)=C(/C)C(C(C)=C(C)C)c1cc(C2CCCCC2)c(O)cc1C. The summed E-state index contributed by atoms with van der Waals surface area (Å²) in [6.45, 7) is 14.6. The highest BCUT2D eigenvalue weighted by molar-refractivity contribution is 5.51. The maximum atomic E-state index is 11.0. The minimum atomic E-state index is 0.0168. The van der Waals surface area contributed by atoms with Gasteiger partial charge in [0.1, 0.15) is 11.5 Å². The molecular formula is C27H40O2. The number of aliphatic hydroxyl groups is 1. The highest BCUT2D eigenvalue weighted by Crippen LogP contribution is 2.43. The first-order chi connectivity index (χ1) is 13.7. The van der Waals surface area contributed by atoms with Crippen LogP contribution in [-0.2, 0) is 0 Å². The molecule has 1 saturated carbocycles. The van der Waals surface area contributed by atoms with E-state index in [1.807, 2.05) is 19.9 Å². The van der Waals surface area contributed by atoms with E-state index in [0.717, 1.165) is 41.5 Å². The summed E-state index contributed by atoms with van der Waals surface area (Å²) >= 11 is 0. The van der Waals surface area contributed by atoms with Crippen LogP contribution in [0.2, 0.25) is 0 Å². The minimum absolute atomic E-state index is 0.0168. The van der Waals surface area contributed by atoms with Crippen LogP contribution in [-0.4, -0.2) is 10.2 Å². The third-order valence-corrected chi connectivity index (χ3v) is 6.68. The molecule has 1 fully saturated rings. The molecule has 0 saturated heterocycles. The molecule has 0 bridgehead atoms. The van der Waals surface area contributed by atoms with Crippen molar-refractivity contribution in [2.75, 3.05) is 0 Å². The highest BCUT2D eigenvalue weighted by Gasteiger charge is 2.26. The lowest BCUT2D eigenvalue weighted by molar-refractivity contribution is 0.410. The maximum Gasteiger partial charge on any atom is 0.119 e. The van der Waals surface area contributed by atoms with Gasteiger partial charge in [0.2, 0.25) is 0 Å². The number of aryl methyl sites for hydroxylation is 1. The van der Waals surface area contributed by atoms with Crippen LogP contribution in [0.3, 0.4) is 0 Å². The fraction of sp³-hybridized carbons (Fsp3) is 0.556. The molecule has 1 aromatic rings. The Morgan fingerprint density at radius 3 is 2.21 bits per heavy atom. The van der Waals surface area contributed by atoms with E-state index in [-0.39, 0.29) is 5.92 Å². The molecule has 1 aliphatic rings. The molecule has 0 aromatic heterocycles. The average molecular weight is 397 g/mol. The summed E-state index contributed by atoms with van der Waals surface area (Å²) in [5, 5.41) is 21.7. The van der Waals surface area contributed by atoms with Crippen molar-refractivity contribution in [3.8, 4) is 5.75 Å². The van der Waals surface area contributed by atoms with Gasteiger partial charge in [0.05, 0.1) is 0 Å². The van der Waals surface area contributed by atoms with E-state index in [4.69, 9.17) is 0 Å². The third kappa shape index (κ3) is 5.35. The fourth-order valence-electron chi connectivity index (χ4n) is 4.71. The number of aliphatic hydroxyl groups excluding tert-OH is 1. The van der Waals surface area contributed by atoms with Crippen LogP contribution in [0.5, 0.6) is 5.75 Å². The monoisotopic (exact) mass is 396 g/mol. The number of rotatable bonds is 6. The van der Waals surface area contributed by atoms with Crippen molar-refractivity contribution in [1.29, 1.82) is 0 Å². The van der Waals surface area contributed by atoms with Gasteiger partial charge in [-0.2, -0.15) is 0 Å². The van der Waals surface area contributed by atoms with E-state index >= 15 is 0 Å². The Balaban J connectivity index is 2.67. The van der Waals surface area contributed by atoms with Crippen molar-refractivity contribution in [3.05, 3.63) is 63.0 Å². The molecule has 0 heterocycles. The van der Waals surface area contributed by atoms with E-state index in [1.165, 1.54) is 36.0 Å². The zero-order chi connectivity index (χ0) is 21.7. The van der Waals surface area contributed by atoms with Crippen LogP contribution in [0.15, 0.2) is 46.3 Å². The number of aromatic hydroxyl groups is 1. The van der Waals surface area contributed by atoms with Crippen molar-refractivity contribution >= 4 is 0 Å². The second-order valence-electron chi connectivity index (χ2n) is 9.05. The Hall–Kier alpha value is -1.96. The summed E-state index contributed by atoms with van der Waals surface area (Å²) in [5.74, 6) is 1.28. The molecule has 1 unspecified atom stereocenters. The molecule has 0 radical (unpaired) electrons. The molecule has 2 rings (SSSR count). The summed E-state index contributed by atoms with van der Waals surface area (Å²) in [6, 6.07) is 4.16. The van der Waals surface area contributed by atoms with Gasteiger partial charge in [-0.05, 0) is 101 Å². The molecular weight excluding hydrogens is 356 g/mol. The third-order valence-electron chi connectivity index (χ3n) is 6.68. The summed E-state index contributed by atoms with van der Waals surface area (Å²) in [4.78, 5) is 0. The van der Waals surface area contributed by atoms with Crippen molar-refractivity contribution in [1.82, 2.24) is 0 Å². The van der Waals surface area contributed by atoms with Gasteiger partial charge in [-0.25, -0.2) is 0 Å². The van der Waals surface area contributed by atoms with Crippen molar-refractivity contribution in [3.63, 3.8) is 0 Å². The number of benzene rings is 1. The zero-order valence-electron chi connectivity index (χ0n) is 19.5. The van der Waals surface area contributed by atoms with Gasteiger partial charge >= 0.3 is 0 Å². The average Bonchev–Trinajstić information content (AvgIpc) is 2.69. The van der Waals surface area contributed by atoms with E-state index < -0.39 is 0 Å². The Kier molecular flexibility index (Phi) is 8.19. The summed E-state index contributed by atoms with van der Waals surface area (Å²) in [6.07, 6.45) is 9.06. The molecule has 29 heavy (non-hydrogen) atoms. The second kappa shape index (κ2) is 10.2. The lowest BCUT2D eigenvalue weighted by atomic mass is 9.77. The van der Waals surface area contributed by atoms with E-state index in [1.54, 1.807) is 0 Å². The summed E-state index contributed by atoms with van der Waals surface area (Å²) in [7, 11) is 0. The van der Waals surface area contributed by atoms with Crippen molar-refractivity contribution in [2.45, 2.75) is 98.8 Å². The van der Waals surface area contributed by atoms with Gasteiger partial charge < -0.3 is 10.2 Å². The fourth-order valence-corrected chi connectivity index (χ4v) is 4.71. The quantitative estimate of drug-likeness (QED) is 0.288. The van der Waals surface area contributed by atoms with Crippen LogP contribution in [0.25, 0.3) is 0 Å². The number of hydrogen-bond donors (Lipinski definition) is 2. The number of hydrogen-bond acceptors (Lipinski definition) is 2. The first kappa shape index (κ1) is 23.3. The van der Waals surface area contributed by atoms with Crippen LogP contribution in [0.1, 0.15) is 109 Å². The van der Waals surface area contributed by atoms with Gasteiger partial charge in [-0.3, -0.25) is 0 Å². The summed E-state index contributed by atoms with van der Waals surface area (Å²) in [5.41, 5.74) is 7.82. The molecule has 0 spiro atoms. The van der Waals surface area contributed by atoms with Gasteiger partial charge in [-0.1, -0.05) is 49.5 Å². The number of allylic oxidation sites excluding steroid dienone is 5. The first-order valence-electron chi connectivity index (χ1n) is 11.2. The van der Waals surface area contributed by atoms with Crippen molar-refractivity contribution < 1.29 is 10.2 Å². The van der Waals surface area contributed by atoms with Crippen LogP contribution < -0.4 is 0 Å². The number of phenols is 1. The molecule has 160 valence electrons. The van der Waals surface area contributed by atoms with Gasteiger partial charge in [0, 0.05) is 5.92 Å². The molecule has 0 amide bonds. The van der Waals surface area contributed by atoms with Crippen LogP contribution in [0.4, 0.5) is 0 Å². The molecule has 1 aliphatic carbocycles. The standard InChI is InChI=1S/C27H40O2/c1-8-12-18(4)27(29)21(7)26(20(6)17(2)3)23-16-24(25(28)15-19(23)5)22-13-10-9-11-14-22/h12,15-16,22,26,28-29H,8-11,13-14H2,1-7H3/b18-12-,27-21-. The molecule has 1 aromatic carbocycles. The van der Waals surface area contributed by atoms with Gasteiger partial charge in [0.25, 0.3) is 0 Å². The summed E-state index contributed by atoms with van der Waals surface area (Å²) < 4.78 is 0. The highest BCUT2D eigenvalue weighted by atomic mass is 16.3. The normalized spacial score (nSPS) is 17.7. The van der Waals surface area contributed by atoms with Crippen LogP contribution in [0, 0.1) is 6.92 Å². The predicted octanol–water partition coefficient (Wildman–Crippen LogP) is 8.38. The minimum Gasteiger partial charge on any atom is -0.508 e. The number of phenolic OH excluding ortho intramolecular Hbond substituents is 1. The Labute approximate surface area is 178 Å². The van der Waals surface area contributed by atoms with Gasteiger partial charge in [-0.15, -0.1) is 0 Å². The Morgan fingerprint density at radius 2 is 1.66 bits per heavy atom. The Morgan fingerprint density at radius 1 is 1.03 bits per heavy atom. The topological polar surface area (TPSA) is 40.5 Å². The van der Waals surface area contributed by atoms with E-state index in [0.29, 0.717) is 17.4 Å². The first-order valence-corrected chi connectivity index (χ1v) is 11.2. The predicted molar refractivity (Wildman–Crippen MR) is 125 cm³/mol. The van der Waals surface area contributed by atoms with Crippen LogP contribution >= 0.6 is 0 Å². The molecule has 2 N–H and O–H groups in total. The lowest BCUT2D eigenvalue weighted by Gasteiger charge is -2.28. The molecule has 2 heteroatoms. The smallest absolute Gasteiger partial charge is 0.119 e. The lowest BCUT2D eigenvalue weighted by Crippen LogP contribution is -2.11. The second-order valence-corrected chi connectivity index (χ2v) is 9.05. The van der Waals surface area contributed by atoms with Gasteiger partial charge in [0.15, 0.2) is 0 Å². The Bertz CT molecular complexity index is 813. The van der Waals surface area contributed by atoms with E-state index in [9.17, 15) is 10.2 Å². The van der Waals surface area contributed by atoms with E-state index in [2.05, 4.69) is 46.8 Å². The van der Waals surface area contributed by atoms with Crippen molar-refractivity contribution in [2.24, 2.45) is 0 Å². The largest absolute Gasteiger partial charge is 0.508 e. The molecule has 2 nitrogen and oxygen atoms in total. The zero-order valence-corrected chi connectivity index (χ0v) is 19.5.